The standard InChI is InChI=1S/C15H12Br2ClNO/c16-11-1-2-13(18)14(7-11)19-8-10-6-12(17)5-9-3-4-20-15(9)10/h1-2,5-7,19H,3-4,8H2. The first-order chi connectivity index (χ1) is 9.63. The number of fused-ring (bicyclic) bond motifs is 1. The molecular formula is C15H12Br2ClNO. The minimum atomic E-state index is 0.679. The van der Waals surface area contributed by atoms with Crippen molar-refractivity contribution >= 4 is 49.1 Å². The number of anilines is 1. The summed E-state index contributed by atoms with van der Waals surface area (Å²) in [6.07, 6.45) is 0.972. The molecule has 0 amide bonds. The molecule has 1 aliphatic rings. The molecule has 104 valence electrons. The predicted octanol–water partition coefficient (Wildman–Crippen LogP) is 5.41. The maximum absolute atomic E-state index is 6.19. The first kappa shape index (κ1) is 14.2. The number of benzene rings is 2. The van der Waals surface area contributed by atoms with Crippen LogP contribution in [-0.4, -0.2) is 6.61 Å². The Morgan fingerprint density at radius 2 is 2.00 bits per heavy atom. The minimum absolute atomic E-state index is 0.679. The average molecular weight is 418 g/mol. The molecule has 3 rings (SSSR count). The van der Waals surface area contributed by atoms with Crippen LogP contribution in [0.1, 0.15) is 11.1 Å². The van der Waals surface area contributed by atoms with E-state index < -0.39 is 0 Å². The molecule has 0 bridgehead atoms. The molecule has 1 aliphatic heterocycles. The molecule has 5 heteroatoms. The van der Waals surface area contributed by atoms with Gasteiger partial charge in [-0.3, -0.25) is 0 Å². The molecule has 20 heavy (non-hydrogen) atoms. The van der Waals surface area contributed by atoms with E-state index in [0.29, 0.717) is 11.6 Å². The van der Waals surface area contributed by atoms with Gasteiger partial charge < -0.3 is 10.1 Å². The summed E-state index contributed by atoms with van der Waals surface area (Å²) in [4.78, 5) is 0. The first-order valence-electron chi connectivity index (χ1n) is 6.26. The normalized spacial score (nSPS) is 12.9. The lowest BCUT2D eigenvalue weighted by Crippen LogP contribution is -2.02. The van der Waals surface area contributed by atoms with Gasteiger partial charge in [0.2, 0.25) is 0 Å². The Balaban J connectivity index is 1.84. The van der Waals surface area contributed by atoms with E-state index in [1.807, 2.05) is 18.2 Å². The quantitative estimate of drug-likeness (QED) is 0.721. The first-order valence-corrected chi connectivity index (χ1v) is 8.23. The molecule has 1 N–H and O–H groups in total. The van der Waals surface area contributed by atoms with E-state index >= 15 is 0 Å². The van der Waals surface area contributed by atoms with E-state index in [-0.39, 0.29) is 0 Å². The fraction of sp³-hybridized carbons (Fsp3) is 0.200. The zero-order chi connectivity index (χ0) is 14.1. The highest BCUT2D eigenvalue weighted by atomic mass is 79.9. The summed E-state index contributed by atoms with van der Waals surface area (Å²) in [5.74, 6) is 1.01. The molecule has 0 aliphatic carbocycles. The fourth-order valence-electron chi connectivity index (χ4n) is 2.30. The van der Waals surface area contributed by atoms with Crippen LogP contribution in [-0.2, 0) is 13.0 Å². The van der Waals surface area contributed by atoms with Crippen LogP contribution in [0.2, 0.25) is 5.02 Å². The lowest BCUT2D eigenvalue weighted by Gasteiger charge is -2.12. The zero-order valence-corrected chi connectivity index (χ0v) is 14.5. The lowest BCUT2D eigenvalue weighted by atomic mass is 10.1. The highest BCUT2D eigenvalue weighted by Gasteiger charge is 2.17. The Morgan fingerprint density at radius 1 is 1.15 bits per heavy atom. The lowest BCUT2D eigenvalue weighted by molar-refractivity contribution is 0.354. The number of nitrogens with one attached hydrogen (secondary N) is 1. The molecule has 0 aromatic heterocycles. The van der Waals surface area contributed by atoms with Gasteiger partial charge in [-0.05, 0) is 35.9 Å². The second-order valence-electron chi connectivity index (χ2n) is 4.63. The fourth-order valence-corrected chi connectivity index (χ4v) is 3.40. The maximum Gasteiger partial charge on any atom is 0.127 e. The number of halogens is 3. The molecular weight excluding hydrogens is 405 g/mol. The highest BCUT2D eigenvalue weighted by molar-refractivity contribution is 9.10. The predicted molar refractivity (Wildman–Crippen MR) is 89.8 cm³/mol. The van der Waals surface area contributed by atoms with Crippen molar-refractivity contribution in [3.63, 3.8) is 0 Å². The van der Waals surface area contributed by atoms with E-state index in [4.69, 9.17) is 16.3 Å². The smallest absolute Gasteiger partial charge is 0.127 e. The van der Waals surface area contributed by atoms with Crippen molar-refractivity contribution in [2.45, 2.75) is 13.0 Å². The summed E-state index contributed by atoms with van der Waals surface area (Å²) in [6, 6.07) is 9.98. The Morgan fingerprint density at radius 3 is 2.85 bits per heavy atom. The summed E-state index contributed by atoms with van der Waals surface area (Å²) in [6.45, 7) is 1.44. The molecule has 2 aromatic rings. The molecule has 0 atom stereocenters. The Labute approximate surface area is 139 Å². The van der Waals surface area contributed by atoms with E-state index in [2.05, 4.69) is 49.3 Å². The van der Waals surface area contributed by atoms with Gasteiger partial charge in [0, 0.05) is 27.5 Å². The number of rotatable bonds is 3. The van der Waals surface area contributed by atoms with Gasteiger partial charge in [0.05, 0.1) is 17.3 Å². The van der Waals surface area contributed by atoms with Gasteiger partial charge in [0.1, 0.15) is 5.75 Å². The monoisotopic (exact) mass is 415 g/mol. The topological polar surface area (TPSA) is 21.3 Å². The second kappa shape index (κ2) is 5.96. The van der Waals surface area contributed by atoms with Crippen LogP contribution in [0.25, 0.3) is 0 Å². The third-order valence-electron chi connectivity index (χ3n) is 3.22. The SMILES string of the molecule is Clc1ccc(Br)cc1NCc1cc(Br)cc2c1OCC2. The Hall–Kier alpha value is -0.710. The van der Waals surface area contributed by atoms with Crippen LogP contribution < -0.4 is 10.1 Å². The van der Waals surface area contributed by atoms with Crippen LogP contribution in [0, 0.1) is 0 Å². The van der Waals surface area contributed by atoms with Crippen molar-refractivity contribution < 1.29 is 4.74 Å². The largest absolute Gasteiger partial charge is 0.493 e. The third-order valence-corrected chi connectivity index (χ3v) is 4.50. The molecule has 0 fully saturated rings. The summed E-state index contributed by atoms with van der Waals surface area (Å²) in [5.41, 5.74) is 3.31. The van der Waals surface area contributed by atoms with Gasteiger partial charge in [-0.1, -0.05) is 43.5 Å². The number of ether oxygens (including phenoxy) is 1. The third kappa shape index (κ3) is 2.97. The molecule has 0 radical (unpaired) electrons. The summed E-state index contributed by atoms with van der Waals surface area (Å²) in [7, 11) is 0. The van der Waals surface area contributed by atoms with Crippen LogP contribution in [0.5, 0.6) is 5.75 Å². The van der Waals surface area contributed by atoms with Gasteiger partial charge in [-0.15, -0.1) is 0 Å². The van der Waals surface area contributed by atoms with E-state index in [9.17, 15) is 0 Å². The maximum atomic E-state index is 6.19. The molecule has 0 saturated carbocycles. The van der Waals surface area contributed by atoms with Crippen LogP contribution in [0.4, 0.5) is 5.69 Å². The van der Waals surface area contributed by atoms with Crippen LogP contribution in [0.15, 0.2) is 39.3 Å². The number of hydrogen-bond acceptors (Lipinski definition) is 2. The average Bonchev–Trinajstić information content (AvgIpc) is 2.87. The Bertz CT molecular complexity index is 661. The molecule has 0 spiro atoms. The van der Waals surface area contributed by atoms with Crippen LogP contribution >= 0.6 is 43.5 Å². The van der Waals surface area contributed by atoms with E-state index in [0.717, 1.165) is 39.0 Å². The Kier molecular flexibility index (Phi) is 4.24. The molecule has 2 nitrogen and oxygen atoms in total. The minimum Gasteiger partial charge on any atom is -0.493 e. The second-order valence-corrected chi connectivity index (χ2v) is 6.87. The van der Waals surface area contributed by atoms with Crippen LogP contribution in [0.3, 0.4) is 0 Å². The summed E-state index contributed by atoms with van der Waals surface area (Å²) < 4.78 is 7.81. The van der Waals surface area contributed by atoms with Crippen molar-refractivity contribution in [2.75, 3.05) is 11.9 Å². The van der Waals surface area contributed by atoms with Crippen molar-refractivity contribution in [1.29, 1.82) is 0 Å². The van der Waals surface area contributed by atoms with Gasteiger partial charge in [0.25, 0.3) is 0 Å². The van der Waals surface area contributed by atoms with Gasteiger partial charge in [0.15, 0.2) is 0 Å². The molecule has 0 unspecified atom stereocenters. The molecule has 2 aromatic carbocycles. The van der Waals surface area contributed by atoms with Crippen molar-refractivity contribution in [3.05, 3.63) is 55.4 Å². The molecule has 0 saturated heterocycles. The highest BCUT2D eigenvalue weighted by Crippen LogP contribution is 2.34. The van der Waals surface area contributed by atoms with E-state index in [1.54, 1.807) is 0 Å². The van der Waals surface area contributed by atoms with E-state index in [1.165, 1.54) is 5.56 Å². The van der Waals surface area contributed by atoms with Gasteiger partial charge in [-0.25, -0.2) is 0 Å². The van der Waals surface area contributed by atoms with Crippen molar-refractivity contribution in [1.82, 2.24) is 0 Å². The molecule has 1 heterocycles. The van der Waals surface area contributed by atoms with Crippen molar-refractivity contribution in [3.8, 4) is 5.75 Å². The summed E-state index contributed by atoms with van der Waals surface area (Å²) in [5, 5.41) is 4.07. The summed E-state index contributed by atoms with van der Waals surface area (Å²) >= 11 is 13.2. The zero-order valence-electron chi connectivity index (χ0n) is 10.6. The number of hydrogen-bond donors (Lipinski definition) is 1. The van der Waals surface area contributed by atoms with Gasteiger partial charge in [-0.2, -0.15) is 0 Å². The van der Waals surface area contributed by atoms with Crippen molar-refractivity contribution in [2.24, 2.45) is 0 Å². The van der Waals surface area contributed by atoms with Gasteiger partial charge >= 0.3 is 0 Å².